The van der Waals surface area contributed by atoms with E-state index in [1.807, 2.05) is 6.07 Å². The van der Waals surface area contributed by atoms with Gasteiger partial charge in [0, 0.05) is 39.1 Å². The smallest absolute Gasteiger partial charge is 0.225 e. The number of piperidine rings is 1. The first-order valence-electron chi connectivity index (χ1n) is 8.94. The number of methoxy groups -OCH3 is 1. The molecule has 26 heavy (non-hydrogen) atoms. The lowest BCUT2D eigenvalue weighted by molar-refractivity contribution is 0.166. The van der Waals surface area contributed by atoms with Gasteiger partial charge in [-0.2, -0.15) is 0 Å². The van der Waals surface area contributed by atoms with E-state index in [4.69, 9.17) is 4.74 Å². The maximum Gasteiger partial charge on any atom is 0.225 e. The molecule has 2 fully saturated rings. The highest BCUT2D eigenvalue weighted by Crippen LogP contribution is 2.44. The van der Waals surface area contributed by atoms with Crippen molar-refractivity contribution in [3.8, 4) is 0 Å². The van der Waals surface area contributed by atoms with Crippen LogP contribution in [0, 0.1) is 11.2 Å². The third-order valence-corrected chi connectivity index (χ3v) is 5.50. The number of halogens is 1. The van der Waals surface area contributed by atoms with Gasteiger partial charge in [-0.05, 0) is 30.7 Å². The van der Waals surface area contributed by atoms with Crippen LogP contribution in [-0.4, -0.2) is 59.3 Å². The van der Waals surface area contributed by atoms with Crippen LogP contribution in [0.15, 0.2) is 30.9 Å². The molecule has 2 aliphatic heterocycles. The molecule has 0 unspecified atom stereocenters. The summed E-state index contributed by atoms with van der Waals surface area (Å²) in [4.78, 5) is 21.5. The summed E-state index contributed by atoms with van der Waals surface area (Å²) >= 11 is 0. The summed E-state index contributed by atoms with van der Waals surface area (Å²) in [7, 11) is 1.74. The molecule has 0 N–H and O–H groups in total. The molecule has 1 spiro atoms. The highest BCUT2D eigenvalue weighted by atomic mass is 19.1. The van der Waals surface area contributed by atoms with E-state index in [0.717, 1.165) is 44.8 Å². The maximum absolute atomic E-state index is 13.0. The van der Waals surface area contributed by atoms with Crippen LogP contribution in [0.5, 0.6) is 0 Å². The Labute approximate surface area is 152 Å². The van der Waals surface area contributed by atoms with E-state index in [1.165, 1.54) is 12.4 Å². The normalized spacial score (nSPS) is 22.2. The minimum absolute atomic E-state index is 0.221. The number of rotatable bonds is 4. The fourth-order valence-electron chi connectivity index (χ4n) is 4.19. The topological polar surface area (TPSA) is 67.3 Å². The van der Waals surface area contributed by atoms with E-state index in [0.29, 0.717) is 12.6 Å². The first-order valence-corrected chi connectivity index (χ1v) is 8.94. The average molecular weight is 358 g/mol. The number of anilines is 2. The summed E-state index contributed by atoms with van der Waals surface area (Å²) in [5, 5.41) is 0. The van der Waals surface area contributed by atoms with Crippen LogP contribution < -0.4 is 9.80 Å². The molecule has 2 aromatic rings. The molecule has 0 aliphatic carbocycles. The van der Waals surface area contributed by atoms with Gasteiger partial charge in [-0.25, -0.2) is 24.3 Å². The molecule has 4 rings (SSSR count). The molecular weight excluding hydrogens is 335 g/mol. The summed E-state index contributed by atoms with van der Waals surface area (Å²) < 4.78 is 18.5. The fraction of sp³-hybridized carbons (Fsp3) is 0.556. The van der Waals surface area contributed by atoms with E-state index in [2.05, 4.69) is 29.7 Å². The summed E-state index contributed by atoms with van der Waals surface area (Å²) in [5.41, 5.74) is 0.221. The Kier molecular flexibility index (Phi) is 4.67. The van der Waals surface area contributed by atoms with Crippen molar-refractivity contribution in [1.82, 2.24) is 19.9 Å². The molecule has 2 aliphatic rings. The van der Waals surface area contributed by atoms with Gasteiger partial charge < -0.3 is 14.5 Å². The Morgan fingerprint density at radius 2 is 1.81 bits per heavy atom. The Morgan fingerprint density at radius 3 is 2.46 bits per heavy atom. The van der Waals surface area contributed by atoms with Gasteiger partial charge in [0.25, 0.3) is 0 Å². The van der Waals surface area contributed by atoms with Crippen LogP contribution >= 0.6 is 0 Å². The summed E-state index contributed by atoms with van der Waals surface area (Å²) in [6.07, 6.45) is 9.17. The largest absolute Gasteiger partial charge is 0.383 e. The van der Waals surface area contributed by atoms with Crippen LogP contribution in [-0.2, 0) is 4.74 Å². The van der Waals surface area contributed by atoms with Crippen molar-refractivity contribution in [2.24, 2.45) is 5.41 Å². The van der Waals surface area contributed by atoms with Crippen LogP contribution in [0.3, 0.4) is 0 Å². The molecule has 0 aromatic carbocycles. The predicted molar refractivity (Wildman–Crippen MR) is 95.5 cm³/mol. The minimum atomic E-state index is -0.404. The molecule has 1 atom stereocenters. The third-order valence-electron chi connectivity index (χ3n) is 5.50. The van der Waals surface area contributed by atoms with Gasteiger partial charge in [0.05, 0.1) is 25.0 Å². The second kappa shape index (κ2) is 7.11. The summed E-state index contributed by atoms with van der Waals surface area (Å²) in [6, 6.07) is 2.12. The predicted octanol–water partition coefficient (Wildman–Crippen LogP) is 1.92. The van der Waals surface area contributed by atoms with Gasteiger partial charge in [0.15, 0.2) is 5.82 Å². The van der Waals surface area contributed by atoms with Gasteiger partial charge in [-0.15, -0.1) is 0 Å². The molecule has 7 nitrogen and oxygen atoms in total. The van der Waals surface area contributed by atoms with Crippen LogP contribution in [0.4, 0.5) is 16.3 Å². The fourth-order valence-corrected chi connectivity index (χ4v) is 4.19. The Morgan fingerprint density at radius 1 is 1.12 bits per heavy atom. The van der Waals surface area contributed by atoms with E-state index < -0.39 is 5.82 Å². The molecule has 2 aromatic heterocycles. The molecule has 0 saturated carbocycles. The second-order valence-electron chi connectivity index (χ2n) is 7.18. The average Bonchev–Trinajstić information content (AvgIpc) is 3.02. The van der Waals surface area contributed by atoms with Crippen molar-refractivity contribution in [3.63, 3.8) is 0 Å². The lowest BCUT2D eigenvalue weighted by Crippen LogP contribution is -2.42. The lowest BCUT2D eigenvalue weighted by atomic mass is 9.76. The maximum atomic E-state index is 13.0. The second-order valence-corrected chi connectivity index (χ2v) is 7.18. The zero-order valence-electron chi connectivity index (χ0n) is 14.9. The Hall–Kier alpha value is -2.35. The van der Waals surface area contributed by atoms with E-state index in [-0.39, 0.29) is 11.5 Å². The quantitative estimate of drug-likeness (QED) is 0.827. The Balaban J connectivity index is 1.47. The summed E-state index contributed by atoms with van der Waals surface area (Å²) in [5.74, 6) is 0.977. The van der Waals surface area contributed by atoms with Crippen molar-refractivity contribution in [3.05, 3.63) is 36.7 Å². The third kappa shape index (κ3) is 3.33. The highest BCUT2D eigenvalue weighted by molar-refractivity contribution is 5.36. The first kappa shape index (κ1) is 17.1. The SMILES string of the molecule is COC[C@H]1CC2(CCN(c3ncc(F)cn3)CC2)CN1c1ncccn1. The summed E-state index contributed by atoms with van der Waals surface area (Å²) in [6.45, 7) is 3.34. The number of ether oxygens (including phenoxy) is 1. The number of nitrogens with zero attached hydrogens (tertiary/aromatic N) is 6. The number of hydrogen-bond donors (Lipinski definition) is 0. The lowest BCUT2D eigenvalue weighted by Gasteiger charge is -2.39. The number of hydrogen-bond acceptors (Lipinski definition) is 7. The van der Waals surface area contributed by atoms with E-state index in [9.17, 15) is 4.39 Å². The van der Waals surface area contributed by atoms with Crippen molar-refractivity contribution in [2.75, 3.05) is 43.2 Å². The van der Waals surface area contributed by atoms with Crippen molar-refractivity contribution >= 4 is 11.9 Å². The monoisotopic (exact) mass is 358 g/mol. The molecule has 8 heteroatoms. The van der Waals surface area contributed by atoms with Gasteiger partial charge >= 0.3 is 0 Å². The van der Waals surface area contributed by atoms with Crippen LogP contribution in [0.2, 0.25) is 0 Å². The molecular formula is C18H23FN6O. The highest BCUT2D eigenvalue weighted by Gasteiger charge is 2.46. The van der Waals surface area contributed by atoms with E-state index in [1.54, 1.807) is 19.5 Å². The van der Waals surface area contributed by atoms with Crippen LogP contribution in [0.25, 0.3) is 0 Å². The van der Waals surface area contributed by atoms with Gasteiger partial charge in [-0.3, -0.25) is 0 Å². The molecule has 2 saturated heterocycles. The Bertz CT molecular complexity index is 720. The zero-order chi connectivity index (χ0) is 18.0. The van der Waals surface area contributed by atoms with Gasteiger partial charge in [0.2, 0.25) is 11.9 Å². The molecule has 0 radical (unpaired) electrons. The van der Waals surface area contributed by atoms with E-state index >= 15 is 0 Å². The first-order chi connectivity index (χ1) is 12.7. The van der Waals surface area contributed by atoms with Gasteiger partial charge in [0.1, 0.15) is 0 Å². The standard InChI is InChI=1S/C18H23FN6O/c1-26-12-15-9-18(13-25(15)17-20-5-2-6-21-17)3-7-24(8-4-18)16-22-10-14(19)11-23-16/h2,5-6,10-11,15H,3-4,7-9,12-13H2,1H3/t15-/m1/s1. The van der Waals surface area contributed by atoms with Crippen molar-refractivity contribution < 1.29 is 9.13 Å². The van der Waals surface area contributed by atoms with Crippen molar-refractivity contribution in [2.45, 2.75) is 25.3 Å². The van der Waals surface area contributed by atoms with Crippen molar-refractivity contribution in [1.29, 1.82) is 0 Å². The number of aromatic nitrogens is 4. The van der Waals surface area contributed by atoms with Gasteiger partial charge in [-0.1, -0.05) is 0 Å². The molecule has 138 valence electrons. The zero-order valence-corrected chi connectivity index (χ0v) is 14.9. The molecule has 4 heterocycles. The minimum Gasteiger partial charge on any atom is -0.383 e. The molecule has 0 amide bonds. The van der Waals surface area contributed by atoms with Crippen LogP contribution in [0.1, 0.15) is 19.3 Å². The molecule has 0 bridgehead atoms.